The van der Waals surface area contributed by atoms with Crippen LogP contribution >= 0.6 is 22.7 Å². The third-order valence-corrected chi connectivity index (χ3v) is 11.9. The summed E-state index contributed by atoms with van der Waals surface area (Å²) in [5.41, 5.74) is 11.9. The number of fused-ring (bicyclic) bond motifs is 6. The molecule has 0 spiro atoms. The molecule has 4 aromatic carbocycles. The number of nitriles is 1. The van der Waals surface area contributed by atoms with E-state index in [9.17, 15) is 5.26 Å². The van der Waals surface area contributed by atoms with E-state index in [1.165, 1.54) is 20.5 Å². The maximum atomic E-state index is 10.7. The van der Waals surface area contributed by atoms with Crippen molar-refractivity contribution >= 4 is 69.2 Å². The summed E-state index contributed by atoms with van der Waals surface area (Å²) in [6.45, 7) is 35.3. The zero-order valence-corrected chi connectivity index (χ0v) is 31.9. The van der Waals surface area contributed by atoms with Crippen molar-refractivity contribution in [1.82, 2.24) is 9.13 Å². The van der Waals surface area contributed by atoms with Crippen molar-refractivity contribution in [3.63, 3.8) is 0 Å². The van der Waals surface area contributed by atoms with Gasteiger partial charge in [-0.05, 0) is 80.8 Å². The van der Waals surface area contributed by atoms with Gasteiger partial charge in [0.25, 0.3) is 0 Å². The molecular formula is C42H44N4S2. The maximum Gasteiger partial charge on any atom is 0.212 e. The summed E-state index contributed by atoms with van der Waals surface area (Å²) in [7, 11) is 0. The second-order valence-electron chi connectivity index (χ2n) is 17.5. The maximum absolute atomic E-state index is 10.7. The van der Waals surface area contributed by atoms with Crippen LogP contribution in [0.2, 0.25) is 0 Å². The first-order valence-electron chi connectivity index (χ1n) is 16.7. The van der Waals surface area contributed by atoms with E-state index >= 15 is 0 Å². The first kappa shape index (κ1) is 32.4. The van der Waals surface area contributed by atoms with E-state index in [2.05, 4.69) is 152 Å². The Morgan fingerprint density at radius 1 is 0.542 bits per heavy atom. The lowest BCUT2D eigenvalue weighted by Crippen LogP contribution is -2.19. The lowest BCUT2D eigenvalue weighted by molar-refractivity contribution is 0.590. The van der Waals surface area contributed by atoms with Crippen LogP contribution in [0.5, 0.6) is 0 Å². The van der Waals surface area contributed by atoms with Crippen LogP contribution in [0, 0.1) is 17.9 Å². The highest BCUT2D eigenvalue weighted by atomic mass is 32.1. The number of rotatable bonds is 0. The van der Waals surface area contributed by atoms with Gasteiger partial charge in [0.15, 0.2) is 0 Å². The number of benzene rings is 4. The van der Waals surface area contributed by atoms with Crippen molar-refractivity contribution in [2.75, 3.05) is 0 Å². The monoisotopic (exact) mass is 668 g/mol. The van der Waals surface area contributed by atoms with E-state index < -0.39 is 0 Å². The molecule has 0 unspecified atom stereocenters. The summed E-state index contributed by atoms with van der Waals surface area (Å²) in [6.07, 6.45) is 0. The van der Waals surface area contributed by atoms with Gasteiger partial charge in [0.2, 0.25) is 5.69 Å². The van der Waals surface area contributed by atoms with Crippen molar-refractivity contribution in [3.8, 4) is 17.4 Å². The Bertz CT molecular complexity index is 2320. The Morgan fingerprint density at radius 2 is 0.917 bits per heavy atom. The number of aromatic nitrogens is 2. The van der Waals surface area contributed by atoms with Gasteiger partial charge >= 0.3 is 0 Å². The standard InChI is InChI=1S/C42H44N4S2/c1-39(2,3)24-14-23(22-43)35-31(18-24)47-33-20-27(42(10,11)12)17-30-37(33)45(35)29-16-26(41(7,8)9)21-34-38(29)46(30)36-28(44-13)15-25(40(4,5)6)19-32(36)48-34/h14-21H,1-12H3. The van der Waals surface area contributed by atoms with E-state index in [0.29, 0.717) is 11.3 Å². The predicted molar refractivity (Wildman–Crippen MR) is 208 cm³/mol. The first-order chi connectivity index (χ1) is 22.2. The molecule has 0 bridgehead atoms. The molecule has 0 aliphatic carbocycles. The Labute approximate surface area is 292 Å². The second-order valence-corrected chi connectivity index (χ2v) is 19.7. The van der Waals surface area contributed by atoms with Gasteiger partial charge in [-0.2, -0.15) is 5.26 Å². The first-order valence-corrected chi connectivity index (χ1v) is 18.3. The molecule has 0 amide bonds. The Balaban J connectivity index is 1.87. The summed E-state index contributed by atoms with van der Waals surface area (Å²) < 4.78 is 9.32. The van der Waals surface area contributed by atoms with E-state index in [0.717, 1.165) is 54.0 Å². The summed E-state index contributed by atoms with van der Waals surface area (Å²) in [5.74, 6) is 0. The minimum atomic E-state index is -0.105. The van der Waals surface area contributed by atoms with Crippen molar-refractivity contribution in [2.45, 2.75) is 105 Å². The van der Waals surface area contributed by atoms with E-state index in [1.807, 2.05) is 0 Å². The molecule has 0 saturated carbocycles. The average Bonchev–Trinajstić information content (AvgIpc) is 2.98. The van der Waals surface area contributed by atoms with Gasteiger partial charge in [-0.3, -0.25) is 0 Å². The van der Waals surface area contributed by atoms with Gasteiger partial charge in [0.05, 0.1) is 59.7 Å². The van der Waals surface area contributed by atoms with Crippen LogP contribution in [-0.2, 0) is 21.7 Å². The zero-order valence-electron chi connectivity index (χ0n) is 30.2. The molecule has 4 nitrogen and oxygen atoms in total. The molecule has 3 aliphatic rings. The third-order valence-electron chi connectivity index (χ3n) is 9.76. The van der Waals surface area contributed by atoms with Gasteiger partial charge < -0.3 is 9.13 Å². The molecule has 0 aromatic heterocycles. The quantitative estimate of drug-likeness (QED) is 0.0900. The number of hydrogen-bond donors (Lipinski definition) is 0. The van der Waals surface area contributed by atoms with Crippen LogP contribution in [-0.4, -0.2) is 9.13 Å². The molecule has 0 radical (unpaired) electrons. The number of nitrogens with zero attached hydrogens (tertiary/aromatic N) is 4. The van der Waals surface area contributed by atoms with Crippen LogP contribution in [0.3, 0.4) is 0 Å². The Kier molecular flexibility index (Phi) is 6.90. The molecule has 3 heterocycles. The molecule has 4 aromatic rings. The smallest absolute Gasteiger partial charge is 0.212 e. The molecule has 48 heavy (non-hydrogen) atoms. The highest BCUT2D eigenvalue weighted by Crippen LogP contribution is 2.50. The fourth-order valence-corrected chi connectivity index (χ4v) is 9.18. The summed E-state index contributed by atoms with van der Waals surface area (Å²) in [6, 6.07) is 20.8. The lowest BCUT2D eigenvalue weighted by atomic mass is 9.85. The van der Waals surface area contributed by atoms with Gasteiger partial charge in [0, 0.05) is 4.70 Å². The molecule has 6 heteroatoms. The Morgan fingerprint density at radius 3 is 1.33 bits per heavy atom. The molecule has 0 fully saturated rings. The number of hydrogen-bond acceptors (Lipinski definition) is 3. The van der Waals surface area contributed by atoms with Gasteiger partial charge in [0.1, 0.15) is 6.07 Å². The van der Waals surface area contributed by atoms with E-state index in [4.69, 9.17) is 6.57 Å². The molecule has 244 valence electrons. The average molecular weight is 669 g/mol. The van der Waals surface area contributed by atoms with Crippen LogP contribution < -0.4 is 0 Å². The lowest BCUT2D eigenvalue weighted by Gasteiger charge is -2.33. The highest BCUT2D eigenvalue weighted by Gasteiger charge is 2.31. The normalized spacial score (nSPS) is 13.4. The van der Waals surface area contributed by atoms with Gasteiger partial charge in [-0.15, -0.1) is 22.7 Å². The van der Waals surface area contributed by atoms with Crippen LogP contribution in [0.25, 0.3) is 57.1 Å². The van der Waals surface area contributed by atoms with E-state index in [-0.39, 0.29) is 21.7 Å². The summed E-state index contributed by atoms with van der Waals surface area (Å²) in [4.78, 5) is 4.19. The fourth-order valence-electron chi connectivity index (χ4n) is 6.79. The minimum Gasteiger partial charge on any atom is -0.314 e. The van der Waals surface area contributed by atoms with E-state index in [1.54, 1.807) is 22.7 Å². The topological polar surface area (TPSA) is 38.0 Å². The third kappa shape index (κ3) is 4.88. The largest absolute Gasteiger partial charge is 0.314 e. The molecule has 3 aliphatic heterocycles. The predicted octanol–water partition coefficient (Wildman–Crippen LogP) is 13.1. The highest BCUT2D eigenvalue weighted by molar-refractivity contribution is 7.24. The van der Waals surface area contributed by atoms with Crippen molar-refractivity contribution in [1.29, 1.82) is 5.26 Å². The SMILES string of the molecule is [C-]#[N+]c1cc(C(C)(C)C)cc2sc3cc(C(C)(C)C)cc4c3-n(c3cc(C(C)(C)C)cc5sc6cc(C(C)(C)C)cc(C#N)c6n4-c53)c12. The second kappa shape index (κ2) is 10.2. The van der Waals surface area contributed by atoms with Crippen LogP contribution in [0.15, 0.2) is 48.5 Å². The van der Waals surface area contributed by atoms with Crippen molar-refractivity contribution in [2.24, 2.45) is 0 Å². The van der Waals surface area contributed by atoms with Crippen molar-refractivity contribution < 1.29 is 0 Å². The van der Waals surface area contributed by atoms with Crippen LogP contribution in [0.4, 0.5) is 5.69 Å². The van der Waals surface area contributed by atoms with Gasteiger partial charge in [-0.25, -0.2) is 4.85 Å². The zero-order chi connectivity index (χ0) is 34.9. The Hall–Kier alpha value is -4.10. The molecule has 7 rings (SSSR count). The fraction of sp³-hybridized carbons (Fsp3) is 0.381. The summed E-state index contributed by atoms with van der Waals surface area (Å²) >= 11 is 3.54. The molecule has 0 N–H and O–H groups in total. The molecular weight excluding hydrogens is 625 g/mol. The minimum absolute atomic E-state index is 0.0995. The summed E-state index contributed by atoms with van der Waals surface area (Å²) in [5, 5.41) is 10.7. The van der Waals surface area contributed by atoms with Gasteiger partial charge in [-0.1, -0.05) is 94.7 Å². The van der Waals surface area contributed by atoms with Crippen LogP contribution in [0.1, 0.15) is 111 Å². The van der Waals surface area contributed by atoms with Crippen molar-refractivity contribution in [3.05, 3.63) is 87.8 Å². The molecule has 0 saturated heterocycles. The molecule has 0 atom stereocenters.